The fourth-order valence-corrected chi connectivity index (χ4v) is 2.16. The number of amides is 1. The first-order valence-corrected chi connectivity index (χ1v) is 5.82. The molecular weight excluding hydrogens is 256 g/mol. The molecule has 1 N–H and O–H groups in total. The number of hydrogen-bond acceptors (Lipinski definition) is 2. The van der Waals surface area contributed by atoms with Gasteiger partial charge in [-0.05, 0) is 31.0 Å². The van der Waals surface area contributed by atoms with Crippen LogP contribution in [0.4, 0.5) is 8.78 Å². The number of carboxylic acids is 1. The Morgan fingerprint density at radius 3 is 2.32 bits per heavy atom. The molecule has 1 aliphatic heterocycles. The fraction of sp³-hybridized carbons (Fsp3) is 0.385. The Hall–Kier alpha value is -1.98. The Balaban J connectivity index is 2.12. The zero-order chi connectivity index (χ0) is 14.2. The van der Waals surface area contributed by atoms with Gasteiger partial charge in [0.15, 0.2) is 0 Å². The third-order valence-corrected chi connectivity index (χ3v) is 3.46. The predicted molar refractivity (Wildman–Crippen MR) is 62.4 cm³/mol. The van der Waals surface area contributed by atoms with E-state index >= 15 is 0 Å². The molecule has 1 amide bonds. The zero-order valence-electron chi connectivity index (χ0n) is 10.3. The Kier molecular flexibility index (Phi) is 3.26. The Labute approximate surface area is 108 Å². The molecule has 1 atom stereocenters. The van der Waals surface area contributed by atoms with E-state index < -0.39 is 29.0 Å². The van der Waals surface area contributed by atoms with E-state index in [2.05, 4.69) is 0 Å². The van der Waals surface area contributed by atoms with Crippen LogP contribution in [-0.4, -0.2) is 34.0 Å². The van der Waals surface area contributed by atoms with Crippen LogP contribution in [0.5, 0.6) is 0 Å². The van der Waals surface area contributed by atoms with Gasteiger partial charge < -0.3 is 10.0 Å². The van der Waals surface area contributed by atoms with Crippen molar-refractivity contribution < 1.29 is 23.5 Å². The number of halogens is 2. The highest BCUT2D eigenvalue weighted by Crippen LogP contribution is 2.31. The average Bonchev–Trinajstić information content (AvgIpc) is 2.24. The number of rotatable bonds is 3. The van der Waals surface area contributed by atoms with Crippen molar-refractivity contribution in [2.75, 3.05) is 6.54 Å². The summed E-state index contributed by atoms with van der Waals surface area (Å²) in [6.07, 6.45) is 0.170. The van der Waals surface area contributed by atoms with Crippen molar-refractivity contribution >= 4 is 11.9 Å². The van der Waals surface area contributed by atoms with E-state index in [1.807, 2.05) is 0 Å². The highest BCUT2D eigenvalue weighted by atomic mass is 19.1. The maximum atomic E-state index is 13.0. The summed E-state index contributed by atoms with van der Waals surface area (Å²) < 4.78 is 26.0. The van der Waals surface area contributed by atoms with Gasteiger partial charge in [0.2, 0.25) is 5.91 Å². The molecule has 0 spiro atoms. The maximum absolute atomic E-state index is 13.0. The van der Waals surface area contributed by atoms with E-state index in [4.69, 9.17) is 5.11 Å². The lowest BCUT2D eigenvalue weighted by atomic mass is 9.86. The topological polar surface area (TPSA) is 57.6 Å². The number of nitrogens with zero attached hydrogens (tertiary/aromatic N) is 1. The molecule has 0 aromatic heterocycles. The summed E-state index contributed by atoms with van der Waals surface area (Å²) in [5, 5.41) is 9.05. The van der Waals surface area contributed by atoms with Gasteiger partial charge in [0.05, 0.1) is 6.42 Å². The highest BCUT2D eigenvalue weighted by Gasteiger charge is 2.49. The average molecular weight is 269 g/mol. The minimum absolute atomic E-state index is 0.196. The van der Waals surface area contributed by atoms with Gasteiger partial charge in [-0.15, -0.1) is 0 Å². The largest absolute Gasteiger partial charge is 0.480 e. The summed E-state index contributed by atoms with van der Waals surface area (Å²) in [5.41, 5.74) is -1.01. The number of benzene rings is 1. The van der Waals surface area contributed by atoms with Crippen molar-refractivity contribution in [3.63, 3.8) is 0 Å². The second-order valence-corrected chi connectivity index (χ2v) is 4.83. The van der Waals surface area contributed by atoms with Gasteiger partial charge in [0.25, 0.3) is 0 Å². The normalized spacial score (nSPS) is 21.9. The van der Waals surface area contributed by atoms with E-state index in [0.29, 0.717) is 13.0 Å². The van der Waals surface area contributed by atoms with Crippen LogP contribution < -0.4 is 0 Å². The lowest BCUT2D eigenvalue weighted by Crippen LogP contribution is -2.64. The second kappa shape index (κ2) is 4.60. The predicted octanol–water partition coefficient (Wildman–Crippen LogP) is 1.58. The molecule has 102 valence electrons. The molecule has 19 heavy (non-hydrogen) atoms. The van der Waals surface area contributed by atoms with E-state index in [0.717, 1.165) is 18.2 Å². The van der Waals surface area contributed by atoms with E-state index in [1.54, 1.807) is 0 Å². The summed E-state index contributed by atoms with van der Waals surface area (Å²) in [7, 11) is 0. The molecule has 1 aliphatic rings. The molecule has 4 nitrogen and oxygen atoms in total. The summed E-state index contributed by atoms with van der Waals surface area (Å²) in [4.78, 5) is 24.2. The maximum Gasteiger partial charge on any atom is 0.329 e. The molecule has 1 aromatic carbocycles. The number of carbonyl (C=O) groups excluding carboxylic acids is 1. The number of hydrogen-bond donors (Lipinski definition) is 1. The first-order valence-electron chi connectivity index (χ1n) is 5.82. The zero-order valence-corrected chi connectivity index (χ0v) is 10.3. The highest BCUT2D eigenvalue weighted by molar-refractivity contribution is 5.89. The molecular formula is C13H13F2NO3. The standard InChI is InChI=1S/C13H13F2NO3/c1-13(12(18)19)2-3-16(13)11(17)6-8-4-9(14)7-10(15)5-8/h4-5,7H,2-3,6H2,1H3,(H,18,19). The second-order valence-electron chi connectivity index (χ2n) is 4.83. The summed E-state index contributed by atoms with van der Waals surface area (Å²) in [6.45, 7) is 1.81. The molecule has 2 rings (SSSR count). The lowest BCUT2D eigenvalue weighted by Gasteiger charge is -2.47. The third-order valence-electron chi connectivity index (χ3n) is 3.46. The van der Waals surface area contributed by atoms with E-state index in [-0.39, 0.29) is 12.0 Å². The quantitative estimate of drug-likeness (QED) is 0.906. The SMILES string of the molecule is CC1(C(=O)O)CCN1C(=O)Cc1cc(F)cc(F)c1. The first-order chi connectivity index (χ1) is 8.83. The molecule has 0 saturated carbocycles. The van der Waals surface area contributed by atoms with Crippen LogP contribution in [-0.2, 0) is 16.0 Å². The molecule has 1 fully saturated rings. The first kappa shape index (κ1) is 13.5. The number of likely N-dealkylation sites (tertiary alicyclic amines) is 1. The third kappa shape index (κ3) is 2.43. The molecule has 1 unspecified atom stereocenters. The molecule has 0 aliphatic carbocycles. The molecule has 1 heterocycles. The van der Waals surface area contributed by atoms with Crippen molar-refractivity contribution in [3.8, 4) is 0 Å². The Morgan fingerprint density at radius 2 is 1.89 bits per heavy atom. The number of aliphatic carboxylic acids is 1. The molecule has 6 heteroatoms. The number of carbonyl (C=O) groups is 2. The molecule has 1 saturated heterocycles. The van der Waals surface area contributed by atoms with Crippen molar-refractivity contribution in [1.82, 2.24) is 4.90 Å². The van der Waals surface area contributed by atoms with Gasteiger partial charge in [-0.25, -0.2) is 13.6 Å². The monoisotopic (exact) mass is 269 g/mol. The minimum Gasteiger partial charge on any atom is -0.480 e. The Bertz CT molecular complexity index is 526. The van der Waals surface area contributed by atoms with Crippen LogP contribution >= 0.6 is 0 Å². The summed E-state index contributed by atoms with van der Waals surface area (Å²) in [5.74, 6) is -3.03. The molecule has 0 bridgehead atoms. The van der Waals surface area contributed by atoms with Gasteiger partial charge in [0, 0.05) is 12.6 Å². The number of carboxylic acid groups (broad SMARTS) is 1. The fourth-order valence-electron chi connectivity index (χ4n) is 2.16. The summed E-state index contributed by atoms with van der Waals surface area (Å²) in [6, 6.07) is 2.86. The molecule has 0 radical (unpaired) electrons. The van der Waals surface area contributed by atoms with Gasteiger partial charge in [-0.1, -0.05) is 0 Å². The van der Waals surface area contributed by atoms with E-state index in [1.165, 1.54) is 11.8 Å². The van der Waals surface area contributed by atoms with Gasteiger partial charge in [-0.2, -0.15) is 0 Å². The van der Waals surface area contributed by atoms with Crippen LogP contribution in [0.1, 0.15) is 18.9 Å². The van der Waals surface area contributed by atoms with Crippen LogP contribution in [0.15, 0.2) is 18.2 Å². The van der Waals surface area contributed by atoms with Crippen molar-refractivity contribution in [3.05, 3.63) is 35.4 Å². The summed E-state index contributed by atoms with van der Waals surface area (Å²) >= 11 is 0. The van der Waals surface area contributed by atoms with Gasteiger partial charge in [-0.3, -0.25) is 4.79 Å². The Morgan fingerprint density at radius 1 is 1.32 bits per heavy atom. The minimum atomic E-state index is -1.21. The van der Waals surface area contributed by atoms with Crippen molar-refractivity contribution in [2.45, 2.75) is 25.3 Å². The lowest BCUT2D eigenvalue weighted by molar-refractivity contribution is -0.168. The van der Waals surface area contributed by atoms with Gasteiger partial charge in [0.1, 0.15) is 17.2 Å². The van der Waals surface area contributed by atoms with Crippen LogP contribution in [0.25, 0.3) is 0 Å². The van der Waals surface area contributed by atoms with Crippen LogP contribution in [0.3, 0.4) is 0 Å². The molecule has 1 aromatic rings. The van der Waals surface area contributed by atoms with Crippen molar-refractivity contribution in [1.29, 1.82) is 0 Å². The van der Waals surface area contributed by atoms with E-state index in [9.17, 15) is 18.4 Å². The smallest absolute Gasteiger partial charge is 0.329 e. The van der Waals surface area contributed by atoms with Gasteiger partial charge >= 0.3 is 5.97 Å². The van der Waals surface area contributed by atoms with Crippen LogP contribution in [0, 0.1) is 11.6 Å². The van der Waals surface area contributed by atoms with Crippen LogP contribution in [0.2, 0.25) is 0 Å². The van der Waals surface area contributed by atoms with Crippen molar-refractivity contribution in [2.24, 2.45) is 0 Å².